The maximum atomic E-state index is 12.2. The molecule has 0 unspecified atom stereocenters. The maximum absolute atomic E-state index is 12.2. The molecule has 0 aliphatic heterocycles. The number of thioether (sulfide) groups is 1. The Balaban J connectivity index is 1.55. The summed E-state index contributed by atoms with van der Waals surface area (Å²) in [6, 6.07) is 13.7. The van der Waals surface area contributed by atoms with Crippen LogP contribution in [0.25, 0.3) is 0 Å². The lowest BCUT2D eigenvalue weighted by Gasteiger charge is -2.09. The van der Waals surface area contributed by atoms with E-state index in [4.69, 9.17) is 11.6 Å². The van der Waals surface area contributed by atoms with E-state index in [0.29, 0.717) is 17.4 Å². The van der Waals surface area contributed by atoms with Crippen molar-refractivity contribution >= 4 is 35.0 Å². The summed E-state index contributed by atoms with van der Waals surface area (Å²) in [6.45, 7) is -2.49. The number of hydrogen-bond donors (Lipinski definition) is 1. The van der Waals surface area contributed by atoms with Gasteiger partial charge in [-0.25, -0.2) is 4.68 Å². The van der Waals surface area contributed by atoms with Gasteiger partial charge in [-0.2, -0.15) is 8.78 Å². The summed E-state index contributed by atoms with van der Waals surface area (Å²) < 4.78 is 30.3. The summed E-state index contributed by atoms with van der Waals surface area (Å²) >= 11 is 7.04. The third kappa shape index (κ3) is 5.64. The number of rotatable bonds is 8. The van der Waals surface area contributed by atoms with Gasteiger partial charge in [-0.15, -0.1) is 5.10 Å². The van der Waals surface area contributed by atoms with Crippen LogP contribution in [0.5, 0.6) is 5.75 Å². The van der Waals surface area contributed by atoms with E-state index in [0.717, 1.165) is 5.56 Å². The predicted octanol–water partition coefficient (Wildman–Crippen LogP) is 3.71. The van der Waals surface area contributed by atoms with E-state index < -0.39 is 6.61 Å². The Labute approximate surface area is 168 Å². The molecule has 3 aromatic rings. The Morgan fingerprint density at radius 1 is 1.25 bits per heavy atom. The van der Waals surface area contributed by atoms with E-state index in [2.05, 4.69) is 25.6 Å². The van der Waals surface area contributed by atoms with Gasteiger partial charge < -0.3 is 10.1 Å². The van der Waals surface area contributed by atoms with Gasteiger partial charge in [0.25, 0.3) is 0 Å². The van der Waals surface area contributed by atoms with Crippen molar-refractivity contribution < 1.29 is 18.3 Å². The summed E-state index contributed by atoms with van der Waals surface area (Å²) in [6.07, 6.45) is 0. The Morgan fingerprint density at radius 2 is 2.04 bits per heavy atom. The Kier molecular flexibility index (Phi) is 6.77. The molecule has 0 fully saturated rings. The van der Waals surface area contributed by atoms with Crippen molar-refractivity contribution in [1.29, 1.82) is 0 Å². The van der Waals surface area contributed by atoms with Crippen molar-refractivity contribution in [2.24, 2.45) is 0 Å². The second kappa shape index (κ2) is 9.47. The summed E-state index contributed by atoms with van der Waals surface area (Å²) in [5.41, 5.74) is 1.39. The third-order valence-electron chi connectivity index (χ3n) is 3.44. The molecular formula is C17H14ClF2N5O2S. The molecule has 0 spiro atoms. The first kappa shape index (κ1) is 20.0. The molecule has 0 saturated carbocycles. The quantitative estimate of drug-likeness (QED) is 0.554. The number of alkyl halides is 2. The number of amides is 1. The molecule has 7 nitrogen and oxygen atoms in total. The first-order chi connectivity index (χ1) is 13.5. The molecule has 0 bridgehead atoms. The zero-order chi connectivity index (χ0) is 19.9. The fourth-order valence-electron chi connectivity index (χ4n) is 2.25. The number of ether oxygens (including phenoxy) is 1. The minimum Gasteiger partial charge on any atom is -0.433 e. The van der Waals surface area contributed by atoms with Crippen molar-refractivity contribution in [3.63, 3.8) is 0 Å². The molecule has 1 aromatic heterocycles. The molecule has 2 aromatic carbocycles. The smallest absolute Gasteiger partial charge is 0.387 e. The highest BCUT2D eigenvalue weighted by Crippen LogP contribution is 2.29. The largest absolute Gasteiger partial charge is 0.433 e. The Morgan fingerprint density at radius 3 is 2.75 bits per heavy atom. The normalized spacial score (nSPS) is 10.9. The van der Waals surface area contributed by atoms with Crippen LogP contribution in [0.15, 0.2) is 53.7 Å². The maximum Gasteiger partial charge on any atom is 0.387 e. The monoisotopic (exact) mass is 425 g/mol. The van der Waals surface area contributed by atoms with Crippen molar-refractivity contribution in [2.75, 3.05) is 11.1 Å². The highest BCUT2D eigenvalue weighted by atomic mass is 35.5. The van der Waals surface area contributed by atoms with Crippen LogP contribution in [-0.4, -0.2) is 38.5 Å². The highest BCUT2D eigenvalue weighted by Gasteiger charge is 2.13. The van der Waals surface area contributed by atoms with Crippen LogP contribution in [0, 0.1) is 0 Å². The van der Waals surface area contributed by atoms with Crippen LogP contribution in [0.4, 0.5) is 14.5 Å². The number of anilines is 1. The zero-order valence-electron chi connectivity index (χ0n) is 14.3. The van der Waals surface area contributed by atoms with Crippen molar-refractivity contribution in [3.8, 4) is 5.75 Å². The number of carbonyl (C=O) groups excluding carboxylic acids is 1. The Hall–Kier alpha value is -2.72. The van der Waals surface area contributed by atoms with Crippen LogP contribution in [-0.2, 0) is 11.3 Å². The molecule has 0 saturated heterocycles. The van der Waals surface area contributed by atoms with Crippen LogP contribution >= 0.6 is 23.4 Å². The lowest BCUT2D eigenvalue weighted by atomic mass is 10.2. The summed E-state index contributed by atoms with van der Waals surface area (Å²) in [5, 5.41) is 14.6. The van der Waals surface area contributed by atoms with Gasteiger partial charge in [-0.05, 0) is 34.2 Å². The Bertz CT molecular complexity index is 942. The molecule has 3 rings (SSSR count). The van der Waals surface area contributed by atoms with E-state index in [9.17, 15) is 13.6 Å². The molecule has 146 valence electrons. The topological polar surface area (TPSA) is 81.9 Å². The molecule has 1 amide bonds. The zero-order valence-corrected chi connectivity index (χ0v) is 15.8. The number of carbonyl (C=O) groups is 1. The number of aromatic nitrogens is 4. The SMILES string of the molecule is O=C(CSc1nnnn1Cc1ccccc1)Nc1ccc(OC(F)F)c(Cl)c1. The summed E-state index contributed by atoms with van der Waals surface area (Å²) in [5.74, 6) is -0.427. The third-order valence-corrected chi connectivity index (χ3v) is 4.69. The van der Waals surface area contributed by atoms with Gasteiger partial charge in [-0.3, -0.25) is 4.79 Å². The number of nitrogens with one attached hydrogen (secondary N) is 1. The molecular weight excluding hydrogens is 412 g/mol. The van der Waals surface area contributed by atoms with Crippen LogP contribution < -0.4 is 10.1 Å². The van der Waals surface area contributed by atoms with E-state index in [1.165, 1.54) is 30.0 Å². The molecule has 0 atom stereocenters. The fraction of sp³-hybridized carbons (Fsp3) is 0.176. The van der Waals surface area contributed by atoms with E-state index >= 15 is 0 Å². The van der Waals surface area contributed by atoms with Crippen molar-refractivity contribution in [3.05, 3.63) is 59.1 Å². The van der Waals surface area contributed by atoms with Crippen molar-refractivity contribution in [2.45, 2.75) is 18.3 Å². The minimum atomic E-state index is -2.98. The second-order valence-electron chi connectivity index (χ2n) is 5.47. The predicted molar refractivity (Wildman–Crippen MR) is 101 cm³/mol. The molecule has 11 heteroatoms. The van der Waals surface area contributed by atoms with Gasteiger partial charge in [0.2, 0.25) is 11.1 Å². The highest BCUT2D eigenvalue weighted by molar-refractivity contribution is 7.99. The first-order valence-electron chi connectivity index (χ1n) is 7.98. The molecule has 1 heterocycles. The molecule has 28 heavy (non-hydrogen) atoms. The van der Waals surface area contributed by atoms with Crippen LogP contribution in [0.3, 0.4) is 0 Å². The minimum absolute atomic E-state index is 0.0300. The van der Waals surface area contributed by atoms with E-state index in [1.807, 2.05) is 30.3 Å². The molecule has 0 aliphatic rings. The van der Waals surface area contributed by atoms with Gasteiger partial charge in [0.1, 0.15) is 5.75 Å². The second-order valence-corrected chi connectivity index (χ2v) is 6.81. The van der Waals surface area contributed by atoms with Gasteiger partial charge >= 0.3 is 6.61 Å². The van der Waals surface area contributed by atoms with Gasteiger partial charge in [0, 0.05) is 5.69 Å². The summed E-state index contributed by atoms with van der Waals surface area (Å²) in [7, 11) is 0. The average molecular weight is 426 g/mol. The van der Waals surface area contributed by atoms with Crippen LogP contribution in [0.2, 0.25) is 5.02 Å². The number of benzene rings is 2. The van der Waals surface area contributed by atoms with Crippen molar-refractivity contribution in [1.82, 2.24) is 20.2 Å². The van der Waals surface area contributed by atoms with E-state index in [1.54, 1.807) is 4.68 Å². The number of halogens is 3. The first-order valence-corrected chi connectivity index (χ1v) is 9.34. The average Bonchev–Trinajstić information content (AvgIpc) is 3.10. The van der Waals surface area contributed by atoms with E-state index in [-0.39, 0.29) is 22.4 Å². The summed E-state index contributed by atoms with van der Waals surface area (Å²) in [4.78, 5) is 12.1. The lowest BCUT2D eigenvalue weighted by Crippen LogP contribution is -2.15. The number of hydrogen-bond acceptors (Lipinski definition) is 6. The molecule has 1 N–H and O–H groups in total. The van der Waals surface area contributed by atoms with Gasteiger partial charge in [-0.1, -0.05) is 53.7 Å². The number of nitrogens with zero attached hydrogens (tertiary/aromatic N) is 4. The fourth-order valence-corrected chi connectivity index (χ4v) is 3.15. The molecule has 0 radical (unpaired) electrons. The molecule has 0 aliphatic carbocycles. The van der Waals surface area contributed by atoms with Gasteiger partial charge in [0.05, 0.1) is 17.3 Å². The standard InChI is InChI=1S/C17H14ClF2N5O2S/c18-13-8-12(6-7-14(13)27-16(19)20)21-15(26)10-28-17-22-23-24-25(17)9-11-4-2-1-3-5-11/h1-8,16H,9-10H2,(H,21,26). The van der Waals surface area contributed by atoms with Crippen LogP contribution in [0.1, 0.15) is 5.56 Å². The lowest BCUT2D eigenvalue weighted by molar-refractivity contribution is -0.113. The van der Waals surface area contributed by atoms with Gasteiger partial charge in [0.15, 0.2) is 0 Å². The number of tetrazole rings is 1.